The van der Waals surface area contributed by atoms with Crippen LogP contribution in [0.25, 0.3) is 0 Å². The molecule has 172 valence electrons. The molecule has 34 heavy (non-hydrogen) atoms. The first-order valence-corrected chi connectivity index (χ1v) is 11.1. The molecule has 2 bridgehead atoms. The molecule has 3 aromatic rings. The van der Waals surface area contributed by atoms with Crippen molar-refractivity contribution in [2.45, 2.75) is 25.1 Å². The second-order valence-corrected chi connectivity index (χ2v) is 8.68. The summed E-state index contributed by atoms with van der Waals surface area (Å²) in [5.41, 5.74) is 0.676. The Morgan fingerprint density at radius 2 is 1.88 bits per heavy atom. The van der Waals surface area contributed by atoms with Gasteiger partial charge in [-0.25, -0.2) is 0 Å². The Hall–Kier alpha value is -3.98. The van der Waals surface area contributed by atoms with Gasteiger partial charge in [0.1, 0.15) is 0 Å². The Morgan fingerprint density at radius 1 is 1.15 bits per heavy atom. The van der Waals surface area contributed by atoms with E-state index in [4.69, 9.17) is 21.7 Å². The molecule has 0 radical (unpaired) electrons. The second kappa shape index (κ2) is 8.11. The van der Waals surface area contributed by atoms with Crippen molar-refractivity contribution >= 4 is 34.6 Å². The molecule has 0 aliphatic carbocycles. The molecule has 0 unspecified atom stereocenters. The molecule has 1 amide bonds. The number of carbonyl (C=O) groups excluding carboxylic acids is 1. The highest BCUT2D eigenvalue weighted by molar-refractivity contribution is 7.80. The largest absolute Gasteiger partial charge is 0.493 e. The molecule has 9 heteroatoms. The molecule has 0 spiro atoms. The van der Waals surface area contributed by atoms with Crippen LogP contribution in [-0.4, -0.2) is 33.7 Å². The predicted molar refractivity (Wildman–Crippen MR) is 130 cm³/mol. The van der Waals surface area contributed by atoms with Gasteiger partial charge in [0.25, 0.3) is 11.6 Å². The van der Waals surface area contributed by atoms with Crippen LogP contribution in [0.15, 0.2) is 72.8 Å². The van der Waals surface area contributed by atoms with E-state index in [1.165, 1.54) is 23.1 Å². The maximum atomic E-state index is 13.8. The molecule has 2 aliphatic rings. The van der Waals surface area contributed by atoms with E-state index in [2.05, 4.69) is 0 Å². The number of thiocarbonyl (C=S) groups is 1. The Balaban J connectivity index is 1.69. The number of para-hydroxylation sites is 2. The summed E-state index contributed by atoms with van der Waals surface area (Å²) < 4.78 is 12.1. The van der Waals surface area contributed by atoms with E-state index < -0.39 is 22.6 Å². The van der Waals surface area contributed by atoms with Crippen molar-refractivity contribution in [2.75, 3.05) is 12.0 Å². The standard InChI is InChI=1S/C25H21N3O5S/c1-25-15-20(19-12-7-13-21(32-2)22(19)33-25)26(24(34)27(25)17-9-4-3-5-10-17)23(29)16-8-6-11-18(14-16)28(30)31/h3-14,20H,15H2,1-2H3/t20-,25+/m0/s1. The minimum atomic E-state index is -0.885. The maximum Gasteiger partial charge on any atom is 0.270 e. The first-order valence-electron chi connectivity index (χ1n) is 10.7. The van der Waals surface area contributed by atoms with Gasteiger partial charge in [-0.05, 0) is 43.4 Å². The number of anilines is 1. The smallest absolute Gasteiger partial charge is 0.270 e. The molecule has 8 nitrogen and oxygen atoms in total. The number of carbonyl (C=O) groups is 1. The maximum absolute atomic E-state index is 13.8. The molecule has 0 N–H and O–H groups in total. The first kappa shape index (κ1) is 21.8. The number of benzene rings is 3. The molecular weight excluding hydrogens is 454 g/mol. The number of nitro groups is 1. The SMILES string of the molecule is COc1cccc2c1O[C@]1(C)C[C@@H]2N(C(=O)c2cccc([N+](=O)[O-])c2)C(=S)N1c1ccccc1. The third-order valence-corrected chi connectivity index (χ3v) is 6.58. The van der Waals surface area contributed by atoms with Gasteiger partial charge in [0.2, 0.25) is 0 Å². The molecule has 3 aromatic carbocycles. The lowest BCUT2D eigenvalue weighted by atomic mass is 9.88. The normalized spacial score (nSPS) is 20.9. The van der Waals surface area contributed by atoms with Gasteiger partial charge in [-0.1, -0.05) is 36.4 Å². The monoisotopic (exact) mass is 475 g/mol. The topological polar surface area (TPSA) is 85.1 Å². The van der Waals surface area contributed by atoms with Gasteiger partial charge in [-0.3, -0.25) is 24.7 Å². The molecule has 5 rings (SSSR count). The number of non-ortho nitro benzene ring substituents is 1. The van der Waals surface area contributed by atoms with Crippen LogP contribution < -0.4 is 14.4 Å². The van der Waals surface area contributed by atoms with Crippen LogP contribution in [0, 0.1) is 10.1 Å². The minimum Gasteiger partial charge on any atom is -0.493 e. The van der Waals surface area contributed by atoms with Crippen LogP contribution in [0.5, 0.6) is 11.5 Å². The quantitative estimate of drug-likeness (QED) is 0.295. The van der Waals surface area contributed by atoms with E-state index in [1.807, 2.05) is 54.3 Å². The van der Waals surface area contributed by atoms with Crippen molar-refractivity contribution in [3.8, 4) is 11.5 Å². The predicted octanol–water partition coefficient (Wildman–Crippen LogP) is 5.09. The molecule has 2 aliphatic heterocycles. The number of hydrogen-bond donors (Lipinski definition) is 0. The third-order valence-electron chi connectivity index (χ3n) is 6.20. The first-order chi connectivity index (χ1) is 16.3. The summed E-state index contributed by atoms with van der Waals surface area (Å²) in [7, 11) is 1.57. The molecule has 2 atom stereocenters. The van der Waals surface area contributed by atoms with Crippen molar-refractivity contribution < 1.29 is 19.2 Å². The summed E-state index contributed by atoms with van der Waals surface area (Å²) in [6.07, 6.45) is 0.433. The number of nitrogens with zero attached hydrogens (tertiary/aromatic N) is 3. The van der Waals surface area contributed by atoms with Crippen molar-refractivity contribution in [2.24, 2.45) is 0 Å². The van der Waals surface area contributed by atoms with Gasteiger partial charge in [0.05, 0.1) is 18.1 Å². The van der Waals surface area contributed by atoms with Crippen LogP contribution in [0.4, 0.5) is 11.4 Å². The average molecular weight is 476 g/mol. The van der Waals surface area contributed by atoms with Crippen molar-refractivity contribution in [1.82, 2.24) is 4.90 Å². The van der Waals surface area contributed by atoms with Crippen LogP contribution in [0.1, 0.15) is 35.3 Å². The lowest BCUT2D eigenvalue weighted by molar-refractivity contribution is -0.384. The van der Waals surface area contributed by atoms with Crippen LogP contribution in [0.3, 0.4) is 0 Å². The Bertz CT molecular complexity index is 1310. The number of ether oxygens (including phenoxy) is 2. The summed E-state index contributed by atoms with van der Waals surface area (Å²) in [6, 6.07) is 20.2. The number of nitro benzene ring substituents is 1. The number of rotatable bonds is 4. The highest BCUT2D eigenvalue weighted by atomic mass is 32.1. The Morgan fingerprint density at radius 3 is 2.59 bits per heavy atom. The van der Waals surface area contributed by atoms with Crippen LogP contribution in [0.2, 0.25) is 0 Å². The fourth-order valence-corrected chi connectivity index (χ4v) is 5.20. The van der Waals surface area contributed by atoms with Gasteiger partial charge in [-0.15, -0.1) is 0 Å². The zero-order valence-corrected chi connectivity index (χ0v) is 19.3. The zero-order valence-electron chi connectivity index (χ0n) is 18.5. The fraction of sp³-hybridized carbons (Fsp3) is 0.200. The molecule has 0 saturated carbocycles. The zero-order chi connectivity index (χ0) is 24.0. The van der Waals surface area contributed by atoms with Crippen molar-refractivity contribution in [3.63, 3.8) is 0 Å². The van der Waals surface area contributed by atoms with E-state index in [0.29, 0.717) is 17.9 Å². The fourth-order valence-electron chi connectivity index (χ4n) is 4.69. The van der Waals surface area contributed by atoms with Gasteiger partial charge in [-0.2, -0.15) is 0 Å². The molecule has 2 heterocycles. The number of fused-ring (bicyclic) bond motifs is 4. The van der Waals surface area contributed by atoms with E-state index in [-0.39, 0.29) is 16.4 Å². The van der Waals surface area contributed by atoms with E-state index in [0.717, 1.165) is 11.3 Å². The number of methoxy groups -OCH3 is 1. The highest BCUT2D eigenvalue weighted by Gasteiger charge is 2.54. The number of amides is 1. The van der Waals surface area contributed by atoms with Crippen LogP contribution >= 0.6 is 12.2 Å². The van der Waals surface area contributed by atoms with Crippen molar-refractivity contribution in [3.05, 3.63) is 94.0 Å². The lowest BCUT2D eigenvalue weighted by Gasteiger charge is -2.55. The van der Waals surface area contributed by atoms with Gasteiger partial charge in [0, 0.05) is 35.4 Å². The Kier molecular flexibility index (Phi) is 5.21. The lowest BCUT2D eigenvalue weighted by Crippen LogP contribution is -2.67. The van der Waals surface area contributed by atoms with Crippen LogP contribution in [-0.2, 0) is 0 Å². The Labute approximate surface area is 201 Å². The molecule has 1 saturated heterocycles. The van der Waals surface area contributed by atoms with E-state index in [9.17, 15) is 14.9 Å². The third kappa shape index (κ3) is 3.36. The molecular formula is C25H21N3O5S. The van der Waals surface area contributed by atoms with E-state index >= 15 is 0 Å². The van der Waals surface area contributed by atoms with Gasteiger partial charge in [0.15, 0.2) is 22.3 Å². The highest BCUT2D eigenvalue weighted by Crippen LogP contribution is 2.52. The summed E-state index contributed by atoms with van der Waals surface area (Å²) >= 11 is 5.89. The van der Waals surface area contributed by atoms with Gasteiger partial charge < -0.3 is 9.47 Å². The summed E-state index contributed by atoms with van der Waals surface area (Å²) in [4.78, 5) is 28.0. The molecule has 0 aromatic heterocycles. The summed E-state index contributed by atoms with van der Waals surface area (Å²) in [5.74, 6) is 0.679. The summed E-state index contributed by atoms with van der Waals surface area (Å²) in [6.45, 7) is 1.93. The van der Waals surface area contributed by atoms with E-state index in [1.54, 1.807) is 19.2 Å². The molecule has 1 fully saturated rings. The van der Waals surface area contributed by atoms with Gasteiger partial charge >= 0.3 is 0 Å². The van der Waals surface area contributed by atoms with Crippen molar-refractivity contribution in [1.29, 1.82) is 0 Å². The second-order valence-electron chi connectivity index (χ2n) is 8.31. The number of hydrogen-bond acceptors (Lipinski definition) is 6. The average Bonchev–Trinajstić information content (AvgIpc) is 2.84. The summed E-state index contributed by atoms with van der Waals surface area (Å²) in [5, 5.41) is 11.6. The minimum absolute atomic E-state index is 0.160.